The normalized spacial score (nSPS) is 20.1. The monoisotopic (exact) mass is 393 g/mol. The van der Waals surface area contributed by atoms with Gasteiger partial charge in [0.15, 0.2) is 0 Å². The number of para-hydroxylation sites is 1. The number of rotatable bonds is 10. The van der Waals surface area contributed by atoms with E-state index in [-0.39, 0.29) is 0 Å². The Balaban J connectivity index is 1.50. The standard InChI is InChI=1S/C26H35NO2/c1-25(2,3)17-11-7-5-4-6-8-12-18-26(24(28)29)19-13-15-21-20-14-9-10-16-22(20)27-23(21)26/h9-10,13-16,19H,4-8,11-12,17-18H2,1-3H3,(H,28,29). The van der Waals surface area contributed by atoms with E-state index in [1.165, 1.54) is 38.5 Å². The van der Waals surface area contributed by atoms with Crippen molar-refractivity contribution in [2.45, 2.75) is 78.6 Å². The number of aliphatic carboxylic acids is 1. The van der Waals surface area contributed by atoms with Crippen LogP contribution in [0.25, 0.3) is 5.57 Å². The van der Waals surface area contributed by atoms with Crippen molar-refractivity contribution in [2.75, 3.05) is 0 Å². The van der Waals surface area contributed by atoms with E-state index in [1.54, 1.807) is 0 Å². The third-order valence-electron chi connectivity index (χ3n) is 6.13. The highest BCUT2D eigenvalue weighted by Gasteiger charge is 2.45. The Bertz CT molecular complexity index is 825. The van der Waals surface area contributed by atoms with E-state index >= 15 is 0 Å². The molecule has 0 fully saturated rings. The second-order valence-corrected chi connectivity index (χ2v) is 9.73. The second-order valence-electron chi connectivity index (χ2n) is 9.73. The van der Waals surface area contributed by atoms with Crippen molar-refractivity contribution in [2.24, 2.45) is 15.8 Å². The van der Waals surface area contributed by atoms with Crippen LogP contribution in [0.1, 0.15) is 84.1 Å². The summed E-state index contributed by atoms with van der Waals surface area (Å²) in [5, 5.41) is 10.1. The average molecular weight is 394 g/mol. The molecule has 3 heteroatoms. The summed E-state index contributed by atoms with van der Waals surface area (Å²) < 4.78 is 0. The first-order chi connectivity index (χ1) is 13.8. The molecule has 2 aliphatic rings. The molecular formula is C26H35NO2. The Morgan fingerprint density at radius 2 is 1.66 bits per heavy atom. The molecule has 3 nitrogen and oxygen atoms in total. The van der Waals surface area contributed by atoms with Crippen LogP contribution in [0.5, 0.6) is 0 Å². The fourth-order valence-electron chi connectivity index (χ4n) is 4.43. The molecule has 0 bridgehead atoms. The quantitative estimate of drug-likeness (QED) is 0.422. The van der Waals surface area contributed by atoms with Crippen molar-refractivity contribution in [1.29, 1.82) is 0 Å². The number of fused-ring (bicyclic) bond motifs is 3. The molecule has 1 heterocycles. The van der Waals surface area contributed by atoms with E-state index in [0.717, 1.165) is 35.4 Å². The van der Waals surface area contributed by atoms with Crippen LogP contribution < -0.4 is 0 Å². The number of carboxylic acids is 1. The maximum atomic E-state index is 12.3. The number of carbonyl (C=O) groups is 1. The molecule has 0 radical (unpaired) electrons. The number of unbranched alkanes of at least 4 members (excludes halogenated alkanes) is 6. The molecule has 0 saturated heterocycles. The van der Waals surface area contributed by atoms with Crippen LogP contribution in [0.4, 0.5) is 5.69 Å². The predicted octanol–water partition coefficient (Wildman–Crippen LogP) is 7.35. The van der Waals surface area contributed by atoms with E-state index in [0.29, 0.717) is 11.8 Å². The summed E-state index contributed by atoms with van der Waals surface area (Å²) >= 11 is 0. The lowest BCUT2D eigenvalue weighted by atomic mass is 9.72. The number of hydrogen-bond donors (Lipinski definition) is 1. The smallest absolute Gasteiger partial charge is 0.319 e. The van der Waals surface area contributed by atoms with E-state index < -0.39 is 11.4 Å². The van der Waals surface area contributed by atoms with Gasteiger partial charge < -0.3 is 5.11 Å². The third-order valence-corrected chi connectivity index (χ3v) is 6.13. The summed E-state index contributed by atoms with van der Waals surface area (Å²) in [6, 6.07) is 7.94. The van der Waals surface area contributed by atoms with Gasteiger partial charge in [0.25, 0.3) is 0 Å². The average Bonchev–Trinajstić information content (AvgIpc) is 3.05. The molecule has 3 rings (SSSR count). The van der Waals surface area contributed by atoms with Crippen LogP contribution >= 0.6 is 0 Å². The van der Waals surface area contributed by atoms with Gasteiger partial charge in [-0.2, -0.15) is 0 Å². The fraction of sp³-hybridized carbons (Fsp3) is 0.538. The number of allylic oxidation sites excluding steroid dienone is 3. The van der Waals surface area contributed by atoms with Gasteiger partial charge in [-0.15, -0.1) is 0 Å². The Hall–Kier alpha value is -2.16. The Kier molecular flexibility index (Phi) is 6.77. The number of benzene rings is 1. The molecule has 1 aliphatic carbocycles. The van der Waals surface area contributed by atoms with Crippen molar-refractivity contribution < 1.29 is 9.90 Å². The van der Waals surface area contributed by atoms with Crippen LogP contribution in [0.3, 0.4) is 0 Å². The molecule has 0 saturated carbocycles. The molecule has 1 N–H and O–H groups in total. The summed E-state index contributed by atoms with van der Waals surface area (Å²) in [5.74, 6) is -0.784. The highest BCUT2D eigenvalue weighted by Crippen LogP contribution is 2.46. The first-order valence-corrected chi connectivity index (χ1v) is 11.2. The Labute approximate surface area is 175 Å². The van der Waals surface area contributed by atoms with Crippen molar-refractivity contribution >= 4 is 22.9 Å². The zero-order valence-electron chi connectivity index (χ0n) is 18.2. The largest absolute Gasteiger partial charge is 0.480 e. The van der Waals surface area contributed by atoms with Crippen LogP contribution in [0, 0.1) is 10.8 Å². The fourth-order valence-corrected chi connectivity index (χ4v) is 4.43. The maximum absolute atomic E-state index is 12.3. The van der Waals surface area contributed by atoms with Crippen LogP contribution in [0.2, 0.25) is 0 Å². The number of carboxylic acid groups (broad SMARTS) is 1. The van der Waals surface area contributed by atoms with Gasteiger partial charge in [-0.25, -0.2) is 0 Å². The predicted molar refractivity (Wildman–Crippen MR) is 122 cm³/mol. The number of hydrogen-bond acceptors (Lipinski definition) is 2. The van der Waals surface area contributed by atoms with Gasteiger partial charge in [0, 0.05) is 11.1 Å². The van der Waals surface area contributed by atoms with Gasteiger partial charge in [0.2, 0.25) is 0 Å². The molecular weight excluding hydrogens is 358 g/mol. The molecule has 0 spiro atoms. The second kappa shape index (κ2) is 9.11. The Morgan fingerprint density at radius 3 is 2.34 bits per heavy atom. The van der Waals surface area contributed by atoms with Gasteiger partial charge in [0.05, 0.1) is 11.4 Å². The SMILES string of the molecule is CC(C)(C)CCCCCCCCCC1(C(=O)O)C=CC=C2C1=Nc1ccccc12. The van der Waals surface area contributed by atoms with E-state index in [1.807, 2.05) is 42.5 Å². The van der Waals surface area contributed by atoms with Gasteiger partial charge in [0.1, 0.15) is 5.41 Å². The first-order valence-electron chi connectivity index (χ1n) is 11.2. The summed E-state index contributed by atoms with van der Waals surface area (Å²) in [4.78, 5) is 17.1. The molecule has 156 valence electrons. The molecule has 1 aromatic carbocycles. The minimum absolute atomic E-state index is 0.439. The lowest BCUT2D eigenvalue weighted by molar-refractivity contribution is -0.142. The molecule has 1 atom stereocenters. The zero-order valence-corrected chi connectivity index (χ0v) is 18.2. The van der Waals surface area contributed by atoms with Crippen molar-refractivity contribution in [3.05, 3.63) is 48.1 Å². The van der Waals surface area contributed by atoms with Gasteiger partial charge >= 0.3 is 5.97 Å². The molecule has 0 amide bonds. The maximum Gasteiger partial charge on any atom is 0.319 e. The Morgan fingerprint density at radius 1 is 1.00 bits per heavy atom. The van der Waals surface area contributed by atoms with Crippen LogP contribution in [-0.4, -0.2) is 16.8 Å². The van der Waals surface area contributed by atoms with Crippen molar-refractivity contribution in [3.8, 4) is 0 Å². The van der Waals surface area contributed by atoms with E-state index in [4.69, 9.17) is 4.99 Å². The lowest BCUT2D eigenvalue weighted by Gasteiger charge is -2.29. The van der Waals surface area contributed by atoms with E-state index in [9.17, 15) is 9.90 Å². The minimum Gasteiger partial charge on any atom is -0.480 e. The number of nitrogens with zero attached hydrogens (tertiary/aromatic N) is 1. The van der Waals surface area contributed by atoms with Crippen molar-refractivity contribution in [3.63, 3.8) is 0 Å². The minimum atomic E-state index is -0.990. The molecule has 1 unspecified atom stereocenters. The summed E-state index contributed by atoms with van der Waals surface area (Å²) in [5.41, 5.74) is 3.08. The molecule has 29 heavy (non-hydrogen) atoms. The highest BCUT2D eigenvalue weighted by atomic mass is 16.4. The topological polar surface area (TPSA) is 49.7 Å². The number of aliphatic imine (C=N–C) groups is 1. The third kappa shape index (κ3) is 5.07. The lowest BCUT2D eigenvalue weighted by Crippen LogP contribution is -2.38. The molecule has 0 aromatic heterocycles. The summed E-state index contributed by atoms with van der Waals surface area (Å²) in [7, 11) is 0. The summed E-state index contributed by atoms with van der Waals surface area (Å²) in [6.45, 7) is 6.91. The first kappa shape index (κ1) is 21.5. The van der Waals surface area contributed by atoms with Crippen LogP contribution in [-0.2, 0) is 4.79 Å². The van der Waals surface area contributed by atoms with Gasteiger partial charge in [-0.05, 0) is 24.3 Å². The summed E-state index contributed by atoms with van der Waals surface area (Å²) in [6.07, 6.45) is 16.0. The molecule has 1 aliphatic heterocycles. The zero-order chi connectivity index (χ0) is 20.9. The highest BCUT2D eigenvalue weighted by molar-refractivity contribution is 6.37. The van der Waals surface area contributed by atoms with E-state index in [2.05, 4.69) is 20.8 Å². The van der Waals surface area contributed by atoms with Gasteiger partial charge in [-0.1, -0.05) is 102 Å². The van der Waals surface area contributed by atoms with Crippen molar-refractivity contribution in [1.82, 2.24) is 0 Å². The van der Waals surface area contributed by atoms with Gasteiger partial charge in [-0.3, -0.25) is 9.79 Å². The van der Waals surface area contributed by atoms with Crippen LogP contribution in [0.15, 0.2) is 47.5 Å². The molecule has 1 aromatic rings.